The highest BCUT2D eigenvalue weighted by Gasteiger charge is 2.17. The van der Waals surface area contributed by atoms with E-state index in [-0.39, 0.29) is 17.9 Å². The molecule has 1 aromatic carbocycles. The van der Waals surface area contributed by atoms with Crippen LogP contribution >= 0.6 is 11.6 Å². The average molecular weight is 278 g/mol. The second-order valence-corrected chi connectivity index (χ2v) is 4.93. The molecule has 0 saturated carbocycles. The van der Waals surface area contributed by atoms with E-state index in [1.807, 2.05) is 26.0 Å². The molecule has 0 saturated heterocycles. The van der Waals surface area contributed by atoms with E-state index in [2.05, 4.69) is 15.3 Å². The number of benzene rings is 1. The van der Waals surface area contributed by atoms with Crippen molar-refractivity contribution in [2.75, 3.05) is 5.88 Å². The summed E-state index contributed by atoms with van der Waals surface area (Å²) in [4.78, 5) is 20.7. The van der Waals surface area contributed by atoms with Crippen LogP contribution in [0.25, 0.3) is 11.0 Å². The molecule has 5 heteroatoms. The number of para-hydroxylation sites is 1. The third-order valence-electron chi connectivity index (χ3n) is 3.20. The molecule has 1 aromatic heterocycles. The molecule has 0 bridgehead atoms. The monoisotopic (exact) mass is 277 g/mol. The highest BCUT2D eigenvalue weighted by Crippen LogP contribution is 2.14. The number of alkyl halides is 1. The van der Waals surface area contributed by atoms with Crippen molar-refractivity contribution in [3.8, 4) is 0 Å². The van der Waals surface area contributed by atoms with E-state index in [1.165, 1.54) is 0 Å². The lowest BCUT2D eigenvalue weighted by Crippen LogP contribution is -2.37. The van der Waals surface area contributed by atoms with Gasteiger partial charge in [0.25, 0.3) is 5.91 Å². The Hall–Kier alpha value is -1.68. The maximum absolute atomic E-state index is 12.3. The maximum atomic E-state index is 12.3. The summed E-state index contributed by atoms with van der Waals surface area (Å²) in [6.07, 6.45) is 3.20. The largest absolute Gasteiger partial charge is 0.349 e. The van der Waals surface area contributed by atoms with E-state index >= 15 is 0 Å². The van der Waals surface area contributed by atoms with Crippen molar-refractivity contribution in [3.05, 3.63) is 36.2 Å². The Morgan fingerprint density at radius 3 is 2.79 bits per heavy atom. The molecule has 0 spiro atoms. The number of nitrogens with zero attached hydrogens (tertiary/aromatic N) is 2. The zero-order valence-electron chi connectivity index (χ0n) is 10.9. The van der Waals surface area contributed by atoms with Crippen LogP contribution in [0.5, 0.6) is 0 Å². The van der Waals surface area contributed by atoms with Crippen LogP contribution in [0.1, 0.15) is 24.2 Å². The van der Waals surface area contributed by atoms with E-state index in [0.717, 1.165) is 0 Å². The highest BCUT2D eigenvalue weighted by atomic mass is 35.5. The van der Waals surface area contributed by atoms with Crippen molar-refractivity contribution >= 4 is 28.5 Å². The Labute approximate surface area is 117 Å². The van der Waals surface area contributed by atoms with Gasteiger partial charge in [-0.05, 0) is 25.0 Å². The molecule has 19 heavy (non-hydrogen) atoms. The standard InChI is InChI=1S/C14H16ClN3O/c1-9(8-15)10(2)18-14(19)11-4-3-5-12-13(11)17-7-6-16-12/h3-7,9-10H,8H2,1-2H3,(H,18,19). The first-order valence-corrected chi connectivity index (χ1v) is 6.73. The smallest absolute Gasteiger partial charge is 0.253 e. The Morgan fingerprint density at radius 1 is 1.32 bits per heavy atom. The highest BCUT2D eigenvalue weighted by molar-refractivity contribution is 6.18. The molecule has 1 N–H and O–H groups in total. The first-order chi connectivity index (χ1) is 9.13. The fourth-order valence-electron chi connectivity index (χ4n) is 1.74. The van der Waals surface area contributed by atoms with Crippen LogP contribution in [0.4, 0.5) is 0 Å². The fraction of sp³-hybridized carbons (Fsp3) is 0.357. The zero-order chi connectivity index (χ0) is 13.8. The molecular formula is C14H16ClN3O. The van der Waals surface area contributed by atoms with Crippen LogP contribution in [-0.2, 0) is 0 Å². The summed E-state index contributed by atoms with van der Waals surface area (Å²) >= 11 is 5.80. The second kappa shape index (κ2) is 5.97. The molecule has 1 amide bonds. The van der Waals surface area contributed by atoms with Crippen molar-refractivity contribution in [1.29, 1.82) is 0 Å². The number of carbonyl (C=O) groups is 1. The van der Waals surface area contributed by atoms with Crippen molar-refractivity contribution in [3.63, 3.8) is 0 Å². The molecule has 0 aliphatic heterocycles. The summed E-state index contributed by atoms with van der Waals surface area (Å²) in [6, 6.07) is 5.41. The summed E-state index contributed by atoms with van der Waals surface area (Å²) in [5.41, 5.74) is 1.88. The summed E-state index contributed by atoms with van der Waals surface area (Å²) < 4.78 is 0. The molecule has 0 fully saturated rings. The minimum atomic E-state index is -0.143. The molecule has 1 heterocycles. The molecule has 2 aromatic rings. The van der Waals surface area contributed by atoms with Gasteiger partial charge in [-0.1, -0.05) is 13.0 Å². The Bertz CT molecular complexity index is 582. The van der Waals surface area contributed by atoms with E-state index in [0.29, 0.717) is 22.5 Å². The molecule has 0 aliphatic carbocycles. The van der Waals surface area contributed by atoms with Crippen LogP contribution < -0.4 is 5.32 Å². The predicted molar refractivity (Wildman–Crippen MR) is 76.4 cm³/mol. The van der Waals surface area contributed by atoms with Crippen LogP contribution in [0, 0.1) is 5.92 Å². The average Bonchev–Trinajstić information content (AvgIpc) is 2.45. The van der Waals surface area contributed by atoms with Gasteiger partial charge < -0.3 is 5.32 Å². The van der Waals surface area contributed by atoms with Gasteiger partial charge in [0.05, 0.1) is 11.1 Å². The van der Waals surface area contributed by atoms with Crippen molar-refractivity contribution in [1.82, 2.24) is 15.3 Å². The number of carbonyl (C=O) groups excluding carboxylic acids is 1. The molecule has 0 radical (unpaired) electrons. The van der Waals surface area contributed by atoms with Crippen LogP contribution in [0.2, 0.25) is 0 Å². The third kappa shape index (κ3) is 3.01. The van der Waals surface area contributed by atoms with Gasteiger partial charge in [0, 0.05) is 24.3 Å². The summed E-state index contributed by atoms with van der Waals surface area (Å²) in [7, 11) is 0. The van der Waals surface area contributed by atoms with Gasteiger partial charge in [0.2, 0.25) is 0 Å². The molecule has 0 aliphatic rings. The molecule has 2 unspecified atom stereocenters. The van der Waals surface area contributed by atoms with Gasteiger partial charge in [0.1, 0.15) is 5.52 Å². The van der Waals surface area contributed by atoms with Gasteiger partial charge in [0.15, 0.2) is 0 Å². The van der Waals surface area contributed by atoms with Gasteiger partial charge in [-0.25, -0.2) is 0 Å². The molecular weight excluding hydrogens is 262 g/mol. The van der Waals surface area contributed by atoms with Gasteiger partial charge in [-0.3, -0.25) is 14.8 Å². The van der Waals surface area contributed by atoms with Crippen LogP contribution in [-0.4, -0.2) is 27.8 Å². The minimum Gasteiger partial charge on any atom is -0.349 e. The second-order valence-electron chi connectivity index (χ2n) is 4.62. The Morgan fingerprint density at radius 2 is 2.05 bits per heavy atom. The fourth-order valence-corrected chi connectivity index (χ4v) is 2.00. The van der Waals surface area contributed by atoms with Gasteiger partial charge in [-0.2, -0.15) is 0 Å². The first kappa shape index (κ1) is 13.7. The summed E-state index contributed by atoms with van der Waals surface area (Å²) in [5.74, 6) is 0.582. The van der Waals surface area contributed by atoms with Crippen molar-refractivity contribution in [2.24, 2.45) is 5.92 Å². The van der Waals surface area contributed by atoms with E-state index < -0.39 is 0 Å². The molecule has 4 nitrogen and oxygen atoms in total. The first-order valence-electron chi connectivity index (χ1n) is 6.20. The lowest BCUT2D eigenvalue weighted by Gasteiger charge is -2.19. The number of hydrogen-bond donors (Lipinski definition) is 1. The Balaban J connectivity index is 2.27. The number of fused-ring (bicyclic) bond motifs is 1. The van der Waals surface area contributed by atoms with Gasteiger partial charge in [-0.15, -0.1) is 11.6 Å². The molecule has 2 atom stereocenters. The number of rotatable bonds is 4. The molecule has 2 rings (SSSR count). The lowest BCUT2D eigenvalue weighted by molar-refractivity contribution is 0.0932. The maximum Gasteiger partial charge on any atom is 0.253 e. The topological polar surface area (TPSA) is 54.9 Å². The van der Waals surface area contributed by atoms with Crippen molar-refractivity contribution in [2.45, 2.75) is 19.9 Å². The minimum absolute atomic E-state index is 0.0110. The van der Waals surface area contributed by atoms with E-state index in [9.17, 15) is 4.79 Å². The number of nitrogens with one attached hydrogen (secondary N) is 1. The SMILES string of the molecule is CC(CCl)C(C)NC(=O)c1cccc2nccnc12. The Kier molecular flexibility index (Phi) is 4.32. The van der Waals surface area contributed by atoms with Gasteiger partial charge >= 0.3 is 0 Å². The predicted octanol–water partition coefficient (Wildman–Crippen LogP) is 2.62. The van der Waals surface area contributed by atoms with Crippen molar-refractivity contribution < 1.29 is 4.79 Å². The van der Waals surface area contributed by atoms with Crippen LogP contribution in [0.3, 0.4) is 0 Å². The van der Waals surface area contributed by atoms with E-state index in [4.69, 9.17) is 11.6 Å². The summed E-state index contributed by atoms with van der Waals surface area (Å²) in [5, 5.41) is 2.95. The zero-order valence-corrected chi connectivity index (χ0v) is 11.7. The molecule has 100 valence electrons. The normalized spacial score (nSPS) is 14.1. The number of aromatic nitrogens is 2. The van der Waals surface area contributed by atoms with E-state index in [1.54, 1.807) is 18.5 Å². The third-order valence-corrected chi connectivity index (χ3v) is 3.69. The number of amides is 1. The van der Waals surface area contributed by atoms with Crippen LogP contribution in [0.15, 0.2) is 30.6 Å². The number of halogens is 1. The summed E-state index contributed by atoms with van der Waals surface area (Å²) in [6.45, 7) is 3.95. The lowest BCUT2D eigenvalue weighted by atomic mass is 10.1. The number of hydrogen-bond acceptors (Lipinski definition) is 3. The quantitative estimate of drug-likeness (QED) is 0.874.